The van der Waals surface area contributed by atoms with E-state index in [1.54, 1.807) is 4.90 Å². The van der Waals surface area contributed by atoms with Gasteiger partial charge in [-0.3, -0.25) is 4.90 Å². The van der Waals surface area contributed by atoms with Crippen LogP contribution in [0, 0.1) is 0 Å². The number of nitrogens with one attached hydrogen (secondary N) is 1. The van der Waals surface area contributed by atoms with Crippen molar-refractivity contribution in [3.8, 4) is 0 Å². The zero-order chi connectivity index (χ0) is 22.3. The van der Waals surface area contributed by atoms with Crippen molar-refractivity contribution in [2.45, 2.75) is 26.3 Å². The standard InChI is InChI=1S/C19H21NO4.C3H5NO2/c1-6-17(21)23-12-16-11-20(18(22)24-16)19(4,5)15-9-7-14(8-10-15)13(2)3;5-3-4-1-2-6-3/h6-10,12H,1-2,11H2,3-5H3;1-2H2,(H,4,5)/b16-12+;. The van der Waals surface area contributed by atoms with Gasteiger partial charge in [0.05, 0.1) is 18.6 Å². The lowest BCUT2D eigenvalue weighted by Crippen LogP contribution is -2.42. The van der Waals surface area contributed by atoms with Crippen LogP contribution in [0.3, 0.4) is 0 Å². The third-order valence-corrected chi connectivity index (χ3v) is 4.59. The molecule has 2 aliphatic heterocycles. The Bertz CT molecular complexity index is 862. The number of carbonyl (C=O) groups is 3. The van der Waals surface area contributed by atoms with Crippen LogP contribution in [0.5, 0.6) is 0 Å². The first-order valence-electron chi connectivity index (χ1n) is 9.33. The Hall–Kier alpha value is -3.55. The highest BCUT2D eigenvalue weighted by Crippen LogP contribution is 2.33. The number of hydrogen-bond donors (Lipinski definition) is 1. The first kappa shape index (κ1) is 22.7. The van der Waals surface area contributed by atoms with Crippen molar-refractivity contribution < 1.29 is 28.6 Å². The van der Waals surface area contributed by atoms with Crippen molar-refractivity contribution in [3.63, 3.8) is 0 Å². The number of esters is 1. The summed E-state index contributed by atoms with van der Waals surface area (Å²) >= 11 is 0. The summed E-state index contributed by atoms with van der Waals surface area (Å²) in [6, 6.07) is 7.89. The number of benzene rings is 1. The number of nitrogens with zero attached hydrogens (tertiary/aromatic N) is 1. The van der Waals surface area contributed by atoms with E-state index in [4.69, 9.17) is 9.47 Å². The smallest absolute Gasteiger partial charge is 0.416 e. The van der Waals surface area contributed by atoms with Crippen LogP contribution in [-0.4, -0.2) is 42.8 Å². The van der Waals surface area contributed by atoms with Crippen LogP contribution in [0.15, 0.2) is 55.5 Å². The molecule has 2 aliphatic rings. The van der Waals surface area contributed by atoms with Crippen LogP contribution in [0.25, 0.3) is 5.57 Å². The maximum Gasteiger partial charge on any atom is 0.416 e. The van der Waals surface area contributed by atoms with Gasteiger partial charge in [-0.05, 0) is 31.9 Å². The van der Waals surface area contributed by atoms with Gasteiger partial charge in [-0.1, -0.05) is 43.0 Å². The van der Waals surface area contributed by atoms with Gasteiger partial charge in [-0.2, -0.15) is 0 Å². The summed E-state index contributed by atoms with van der Waals surface area (Å²) in [5.41, 5.74) is 2.42. The van der Waals surface area contributed by atoms with E-state index >= 15 is 0 Å². The van der Waals surface area contributed by atoms with E-state index in [-0.39, 0.29) is 18.4 Å². The second-order valence-corrected chi connectivity index (χ2v) is 7.16. The Labute approximate surface area is 175 Å². The van der Waals surface area contributed by atoms with Gasteiger partial charge < -0.3 is 19.5 Å². The molecule has 0 radical (unpaired) electrons. The third-order valence-electron chi connectivity index (χ3n) is 4.59. The Morgan fingerprint density at radius 1 is 1.27 bits per heavy atom. The Morgan fingerprint density at radius 2 is 1.93 bits per heavy atom. The van der Waals surface area contributed by atoms with E-state index in [9.17, 15) is 14.4 Å². The van der Waals surface area contributed by atoms with E-state index in [1.165, 1.54) is 0 Å². The fourth-order valence-corrected chi connectivity index (χ4v) is 2.75. The Morgan fingerprint density at radius 3 is 2.40 bits per heavy atom. The number of carbonyl (C=O) groups excluding carboxylic acids is 3. The van der Waals surface area contributed by atoms with Crippen molar-refractivity contribution in [2.24, 2.45) is 0 Å². The predicted octanol–water partition coefficient (Wildman–Crippen LogP) is 3.70. The van der Waals surface area contributed by atoms with Crippen LogP contribution >= 0.6 is 0 Å². The number of rotatable bonds is 5. The Kier molecular flexibility index (Phi) is 7.41. The minimum Gasteiger partial charge on any atom is -0.448 e. The molecule has 2 heterocycles. The summed E-state index contributed by atoms with van der Waals surface area (Å²) in [5, 5.41) is 2.46. The summed E-state index contributed by atoms with van der Waals surface area (Å²) in [5.74, 6) is -0.325. The van der Waals surface area contributed by atoms with Gasteiger partial charge in [0.25, 0.3) is 0 Å². The normalized spacial score (nSPS) is 16.8. The molecule has 2 fully saturated rings. The summed E-state index contributed by atoms with van der Waals surface area (Å²) in [6.45, 7) is 14.4. The molecule has 2 saturated heterocycles. The SMILES string of the molecule is C=CC(=O)O/C=C1\CN(C(C)(C)c2ccc(C(=C)C)cc2)C(=O)O1.O=C1NCCO1. The van der Waals surface area contributed by atoms with E-state index in [2.05, 4.69) is 23.2 Å². The largest absolute Gasteiger partial charge is 0.448 e. The summed E-state index contributed by atoms with van der Waals surface area (Å²) < 4.78 is 14.4. The van der Waals surface area contributed by atoms with Crippen molar-refractivity contribution in [2.75, 3.05) is 19.7 Å². The lowest BCUT2D eigenvalue weighted by Gasteiger charge is -2.33. The van der Waals surface area contributed by atoms with Gasteiger partial charge >= 0.3 is 18.2 Å². The topological polar surface area (TPSA) is 94.2 Å². The number of ether oxygens (including phenoxy) is 3. The molecule has 0 aromatic heterocycles. The molecule has 1 N–H and O–H groups in total. The van der Waals surface area contributed by atoms with Crippen LogP contribution in [-0.2, 0) is 24.5 Å². The fourth-order valence-electron chi connectivity index (χ4n) is 2.75. The highest BCUT2D eigenvalue weighted by atomic mass is 16.6. The van der Waals surface area contributed by atoms with E-state index in [0.29, 0.717) is 13.2 Å². The average molecular weight is 414 g/mol. The van der Waals surface area contributed by atoms with Gasteiger partial charge in [0.1, 0.15) is 12.9 Å². The van der Waals surface area contributed by atoms with Gasteiger partial charge in [0, 0.05) is 6.08 Å². The average Bonchev–Trinajstić information content (AvgIpc) is 3.35. The molecule has 2 amide bonds. The molecule has 30 heavy (non-hydrogen) atoms. The molecule has 8 heteroatoms. The van der Waals surface area contributed by atoms with Gasteiger partial charge in [0.15, 0.2) is 5.76 Å². The zero-order valence-corrected chi connectivity index (χ0v) is 17.4. The lowest BCUT2D eigenvalue weighted by molar-refractivity contribution is -0.132. The molecule has 1 aromatic rings. The van der Waals surface area contributed by atoms with Crippen molar-refractivity contribution >= 4 is 23.7 Å². The monoisotopic (exact) mass is 414 g/mol. The molecular formula is C22H26N2O6. The molecule has 160 valence electrons. The first-order valence-corrected chi connectivity index (χ1v) is 9.33. The molecule has 0 aliphatic carbocycles. The van der Waals surface area contributed by atoms with Gasteiger partial charge in [-0.15, -0.1) is 0 Å². The van der Waals surface area contributed by atoms with E-state index in [0.717, 1.165) is 29.0 Å². The molecule has 0 spiro atoms. The molecule has 3 rings (SSSR count). The first-order chi connectivity index (χ1) is 14.1. The van der Waals surface area contributed by atoms with Crippen LogP contribution < -0.4 is 5.32 Å². The van der Waals surface area contributed by atoms with E-state index < -0.39 is 17.6 Å². The molecule has 8 nitrogen and oxygen atoms in total. The number of allylic oxidation sites excluding steroid dienone is 1. The highest BCUT2D eigenvalue weighted by molar-refractivity contribution is 5.81. The second-order valence-electron chi connectivity index (χ2n) is 7.16. The van der Waals surface area contributed by atoms with Crippen molar-refractivity contribution in [1.82, 2.24) is 10.2 Å². The predicted molar refractivity (Wildman–Crippen MR) is 111 cm³/mol. The summed E-state index contributed by atoms with van der Waals surface area (Å²) in [7, 11) is 0. The van der Waals surface area contributed by atoms with Crippen LogP contribution in [0.1, 0.15) is 31.9 Å². The highest BCUT2D eigenvalue weighted by Gasteiger charge is 2.39. The Balaban J connectivity index is 0.000000456. The quantitative estimate of drug-likeness (QED) is 0.342. The fraction of sp³-hybridized carbons (Fsp3) is 0.318. The molecule has 0 bridgehead atoms. The summed E-state index contributed by atoms with van der Waals surface area (Å²) in [4.78, 5) is 34.8. The van der Waals surface area contributed by atoms with E-state index in [1.807, 2.05) is 45.0 Å². The zero-order valence-electron chi connectivity index (χ0n) is 17.4. The van der Waals surface area contributed by atoms with Gasteiger partial charge in [0.2, 0.25) is 0 Å². The molecule has 0 atom stereocenters. The third kappa shape index (κ3) is 5.73. The van der Waals surface area contributed by atoms with Crippen molar-refractivity contribution in [3.05, 3.63) is 66.6 Å². The molecule has 1 aromatic carbocycles. The van der Waals surface area contributed by atoms with Crippen LogP contribution in [0.4, 0.5) is 9.59 Å². The molecular weight excluding hydrogens is 388 g/mol. The minimum absolute atomic E-state index is 0.221. The number of amides is 2. The second kappa shape index (κ2) is 9.78. The molecule has 0 unspecified atom stereocenters. The minimum atomic E-state index is -0.605. The number of hydrogen-bond acceptors (Lipinski definition) is 6. The van der Waals surface area contributed by atoms with Crippen LogP contribution in [0.2, 0.25) is 0 Å². The van der Waals surface area contributed by atoms with Gasteiger partial charge in [-0.25, -0.2) is 14.4 Å². The molecule has 0 saturated carbocycles. The summed E-state index contributed by atoms with van der Waals surface area (Å²) in [6.07, 6.45) is 1.40. The lowest BCUT2D eigenvalue weighted by atomic mass is 9.91. The maximum absolute atomic E-state index is 12.2. The number of alkyl carbamates (subject to hydrolysis) is 1. The van der Waals surface area contributed by atoms with Crippen molar-refractivity contribution in [1.29, 1.82) is 0 Å². The number of cyclic esters (lactones) is 2. The maximum atomic E-state index is 12.2.